The van der Waals surface area contributed by atoms with Gasteiger partial charge in [0, 0.05) is 25.2 Å². The van der Waals surface area contributed by atoms with Crippen molar-refractivity contribution in [2.75, 3.05) is 32.1 Å². The molecule has 14 heavy (non-hydrogen) atoms. The summed E-state index contributed by atoms with van der Waals surface area (Å²) in [7, 11) is 2.24. The van der Waals surface area contributed by atoms with E-state index in [0.717, 1.165) is 18.6 Å². The largest absolute Gasteiger partial charge is 0.313 e. The van der Waals surface area contributed by atoms with Crippen LogP contribution < -0.4 is 5.32 Å². The van der Waals surface area contributed by atoms with E-state index < -0.39 is 0 Å². The SMILES string of the molecule is CSCCC(C)N(C)CCNC1CC1. The van der Waals surface area contributed by atoms with E-state index in [2.05, 4.69) is 30.4 Å². The molecule has 1 aliphatic rings. The van der Waals surface area contributed by atoms with Crippen molar-refractivity contribution < 1.29 is 0 Å². The van der Waals surface area contributed by atoms with E-state index in [1.54, 1.807) is 0 Å². The maximum absolute atomic E-state index is 3.55. The van der Waals surface area contributed by atoms with Gasteiger partial charge in [0.1, 0.15) is 0 Å². The zero-order valence-electron chi connectivity index (χ0n) is 9.75. The summed E-state index contributed by atoms with van der Waals surface area (Å²) in [6.45, 7) is 4.67. The van der Waals surface area contributed by atoms with Crippen molar-refractivity contribution in [1.82, 2.24) is 10.2 Å². The lowest BCUT2D eigenvalue weighted by Gasteiger charge is -2.24. The van der Waals surface area contributed by atoms with Crippen LogP contribution in [-0.2, 0) is 0 Å². The first kappa shape index (κ1) is 12.3. The molecule has 1 saturated carbocycles. The smallest absolute Gasteiger partial charge is 0.0107 e. The average molecular weight is 216 g/mol. The summed E-state index contributed by atoms with van der Waals surface area (Å²) < 4.78 is 0. The molecule has 1 unspecified atom stereocenters. The fourth-order valence-electron chi connectivity index (χ4n) is 1.46. The predicted molar refractivity (Wildman–Crippen MR) is 66.1 cm³/mol. The van der Waals surface area contributed by atoms with E-state index >= 15 is 0 Å². The molecule has 1 rings (SSSR count). The Bertz CT molecular complexity index is 148. The zero-order chi connectivity index (χ0) is 10.4. The lowest BCUT2D eigenvalue weighted by Crippen LogP contribution is -2.36. The zero-order valence-corrected chi connectivity index (χ0v) is 10.6. The maximum Gasteiger partial charge on any atom is 0.0107 e. The van der Waals surface area contributed by atoms with E-state index in [1.807, 2.05) is 11.8 Å². The molecular weight excluding hydrogens is 192 g/mol. The van der Waals surface area contributed by atoms with Crippen molar-refractivity contribution in [3.8, 4) is 0 Å². The summed E-state index contributed by atoms with van der Waals surface area (Å²) in [6, 6.07) is 1.58. The first-order chi connectivity index (χ1) is 6.74. The second-order valence-corrected chi connectivity index (χ2v) is 5.33. The first-order valence-electron chi connectivity index (χ1n) is 5.66. The van der Waals surface area contributed by atoms with Crippen LogP contribution in [0.1, 0.15) is 26.2 Å². The summed E-state index contributed by atoms with van der Waals surface area (Å²) in [5.74, 6) is 1.28. The van der Waals surface area contributed by atoms with Crippen LogP contribution in [0.3, 0.4) is 0 Å². The minimum Gasteiger partial charge on any atom is -0.313 e. The molecular formula is C11H24N2S. The predicted octanol–water partition coefficient (Wildman–Crippen LogP) is 1.81. The van der Waals surface area contributed by atoms with Crippen molar-refractivity contribution in [3.63, 3.8) is 0 Å². The lowest BCUT2D eigenvalue weighted by atomic mass is 10.2. The Labute approximate surface area is 92.8 Å². The number of nitrogens with one attached hydrogen (secondary N) is 1. The van der Waals surface area contributed by atoms with Gasteiger partial charge in [-0.1, -0.05) is 0 Å². The van der Waals surface area contributed by atoms with Gasteiger partial charge in [-0.05, 0) is 45.2 Å². The Kier molecular flexibility index (Phi) is 5.90. The molecule has 0 bridgehead atoms. The van der Waals surface area contributed by atoms with Gasteiger partial charge in [-0.15, -0.1) is 0 Å². The van der Waals surface area contributed by atoms with Gasteiger partial charge in [-0.3, -0.25) is 0 Å². The van der Waals surface area contributed by atoms with Crippen LogP contribution in [-0.4, -0.2) is 49.1 Å². The number of likely N-dealkylation sites (N-methyl/N-ethyl adjacent to an activating group) is 1. The van der Waals surface area contributed by atoms with Crippen molar-refractivity contribution >= 4 is 11.8 Å². The molecule has 1 atom stereocenters. The Morgan fingerprint density at radius 1 is 1.50 bits per heavy atom. The molecule has 0 aromatic rings. The fourth-order valence-corrected chi connectivity index (χ4v) is 2.04. The minimum absolute atomic E-state index is 0.725. The number of nitrogens with zero attached hydrogens (tertiary/aromatic N) is 1. The van der Waals surface area contributed by atoms with Crippen LogP contribution >= 0.6 is 11.8 Å². The van der Waals surface area contributed by atoms with Crippen LogP contribution in [0.15, 0.2) is 0 Å². The second-order valence-electron chi connectivity index (χ2n) is 4.34. The Hall–Kier alpha value is 0.270. The van der Waals surface area contributed by atoms with Crippen LogP contribution in [0.2, 0.25) is 0 Å². The van der Waals surface area contributed by atoms with Gasteiger partial charge in [0.2, 0.25) is 0 Å². The summed E-state index contributed by atoms with van der Waals surface area (Å²) in [6.07, 6.45) is 6.28. The molecule has 0 heterocycles. The molecule has 0 saturated heterocycles. The van der Waals surface area contributed by atoms with Gasteiger partial charge in [-0.25, -0.2) is 0 Å². The molecule has 3 heteroatoms. The van der Waals surface area contributed by atoms with Gasteiger partial charge < -0.3 is 10.2 Å². The minimum atomic E-state index is 0.725. The summed E-state index contributed by atoms with van der Waals surface area (Å²) in [5, 5.41) is 3.55. The standard InChI is InChI=1S/C11H24N2S/c1-10(6-9-14-3)13(2)8-7-12-11-4-5-11/h10-12H,4-9H2,1-3H3. The van der Waals surface area contributed by atoms with Crippen LogP contribution in [0.5, 0.6) is 0 Å². The molecule has 1 N–H and O–H groups in total. The number of thioether (sulfide) groups is 1. The quantitative estimate of drug-likeness (QED) is 0.666. The molecule has 2 nitrogen and oxygen atoms in total. The number of hydrogen-bond acceptors (Lipinski definition) is 3. The molecule has 0 aromatic heterocycles. The molecule has 84 valence electrons. The topological polar surface area (TPSA) is 15.3 Å². The normalized spacial score (nSPS) is 18.9. The highest BCUT2D eigenvalue weighted by Crippen LogP contribution is 2.18. The summed E-state index contributed by atoms with van der Waals surface area (Å²) >= 11 is 1.94. The molecule has 0 spiro atoms. The molecule has 0 aromatic carbocycles. The van der Waals surface area contributed by atoms with Crippen LogP contribution in [0, 0.1) is 0 Å². The van der Waals surface area contributed by atoms with Gasteiger partial charge in [-0.2, -0.15) is 11.8 Å². The Morgan fingerprint density at radius 3 is 2.79 bits per heavy atom. The average Bonchev–Trinajstić information content (AvgIpc) is 2.97. The maximum atomic E-state index is 3.55. The molecule has 1 fully saturated rings. The van der Waals surface area contributed by atoms with Gasteiger partial charge >= 0.3 is 0 Å². The number of rotatable bonds is 8. The second kappa shape index (κ2) is 6.70. The van der Waals surface area contributed by atoms with Crippen LogP contribution in [0.25, 0.3) is 0 Å². The third-order valence-electron chi connectivity index (χ3n) is 2.97. The monoisotopic (exact) mass is 216 g/mol. The third-order valence-corrected chi connectivity index (χ3v) is 3.61. The first-order valence-corrected chi connectivity index (χ1v) is 7.06. The molecule has 0 amide bonds. The third kappa shape index (κ3) is 5.23. The highest BCUT2D eigenvalue weighted by molar-refractivity contribution is 7.98. The highest BCUT2D eigenvalue weighted by atomic mass is 32.2. The van der Waals surface area contributed by atoms with E-state index in [4.69, 9.17) is 0 Å². The van der Waals surface area contributed by atoms with E-state index in [9.17, 15) is 0 Å². The van der Waals surface area contributed by atoms with Crippen LogP contribution in [0.4, 0.5) is 0 Å². The lowest BCUT2D eigenvalue weighted by molar-refractivity contribution is 0.253. The van der Waals surface area contributed by atoms with Gasteiger partial charge in [0.15, 0.2) is 0 Å². The van der Waals surface area contributed by atoms with E-state index in [0.29, 0.717) is 0 Å². The van der Waals surface area contributed by atoms with Crippen molar-refractivity contribution in [3.05, 3.63) is 0 Å². The van der Waals surface area contributed by atoms with Crippen molar-refractivity contribution in [2.45, 2.75) is 38.3 Å². The Morgan fingerprint density at radius 2 is 2.21 bits per heavy atom. The van der Waals surface area contributed by atoms with Gasteiger partial charge in [0.25, 0.3) is 0 Å². The summed E-state index contributed by atoms with van der Waals surface area (Å²) in [4.78, 5) is 2.46. The Balaban J connectivity index is 1.97. The molecule has 0 aliphatic heterocycles. The van der Waals surface area contributed by atoms with E-state index in [1.165, 1.54) is 31.6 Å². The van der Waals surface area contributed by atoms with Crippen molar-refractivity contribution in [2.24, 2.45) is 0 Å². The highest BCUT2D eigenvalue weighted by Gasteiger charge is 2.20. The number of hydrogen-bond donors (Lipinski definition) is 1. The fraction of sp³-hybridized carbons (Fsp3) is 1.00. The molecule has 1 aliphatic carbocycles. The summed E-state index contributed by atoms with van der Waals surface area (Å²) in [5.41, 5.74) is 0. The van der Waals surface area contributed by atoms with Crippen molar-refractivity contribution in [1.29, 1.82) is 0 Å². The molecule has 0 radical (unpaired) electrons. The van der Waals surface area contributed by atoms with Gasteiger partial charge in [0.05, 0.1) is 0 Å². The van der Waals surface area contributed by atoms with E-state index in [-0.39, 0.29) is 0 Å².